The lowest BCUT2D eigenvalue weighted by atomic mass is 10.2. The Bertz CT molecular complexity index is 771. The van der Waals surface area contributed by atoms with Gasteiger partial charge in [0, 0.05) is 16.9 Å². The molecule has 0 bridgehead atoms. The average molecular weight is 366 g/mol. The van der Waals surface area contributed by atoms with E-state index in [9.17, 15) is 8.42 Å². The maximum atomic E-state index is 12.1. The quantitative estimate of drug-likeness (QED) is 0.882. The lowest BCUT2D eigenvalue weighted by Gasteiger charge is -2.09. The molecule has 1 aromatic carbocycles. The van der Waals surface area contributed by atoms with Crippen LogP contribution in [-0.2, 0) is 16.4 Å². The maximum absolute atomic E-state index is 12.1. The third-order valence-corrected chi connectivity index (χ3v) is 4.54. The van der Waals surface area contributed by atoms with Crippen LogP contribution < -0.4 is 4.72 Å². The summed E-state index contributed by atoms with van der Waals surface area (Å²) in [6.45, 7) is 0. The second kappa shape index (κ2) is 6.70. The van der Waals surface area contributed by atoms with Gasteiger partial charge in [0.25, 0.3) is 0 Å². The molecule has 0 aliphatic rings. The number of sulfonamides is 1. The molecule has 0 spiro atoms. The molecule has 0 aliphatic carbocycles. The van der Waals surface area contributed by atoms with Crippen LogP contribution in [0.4, 0.5) is 5.69 Å². The number of benzene rings is 1. The molecule has 0 atom stereocenters. The fraction of sp³-hybridized carbons (Fsp3) is 0.143. The minimum absolute atomic E-state index is 0.0576. The van der Waals surface area contributed by atoms with E-state index in [1.165, 1.54) is 0 Å². The predicted molar refractivity (Wildman–Crippen MR) is 84.2 cm³/mol. The number of anilines is 1. The summed E-state index contributed by atoms with van der Waals surface area (Å²) in [4.78, 5) is 3.88. The van der Waals surface area contributed by atoms with E-state index in [0.29, 0.717) is 6.42 Å². The van der Waals surface area contributed by atoms with Crippen molar-refractivity contribution in [3.8, 4) is 6.07 Å². The smallest absolute Gasteiger partial charge is 0.233 e. The van der Waals surface area contributed by atoms with Crippen LogP contribution in [0.15, 0.2) is 47.2 Å². The average Bonchev–Trinajstić information content (AvgIpc) is 2.48. The minimum Gasteiger partial charge on any atom is -0.282 e. The second-order valence-electron chi connectivity index (χ2n) is 4.33. The first-order valence-corrected chi connectivity index (χ1v) is 8.54. The summed E-state index contributed by atoms with van der Waals surface area (Å²) >= 11 is 3.24. The topological polar surface area (TPSA) is 82.9 Å². The Morgan fingerprint density at radius 2 is 1.95 bits per heavy atom. The van der Waals surface area contributed by atoms with Gasteiger partial charge in [-0.05, 0) is 42.3 Å². The Hall–Kier alpha value is -1.91. The van der Waals surface area contributed by atoms with E-state index in [-0.39, 0.29) is 17.0 Å². The predicted octanol–water partition coefficient (Wildman–Crippen LogP) is 2.70. The number of nitriles is 1. The first-order valence-electron chi connectivity index (χ1n) is 6.09. The molecule has 7 heteroatoms. The van der Waals surface area contributed by atoms with E-state index >= 15 is 0 Å². The molecule has 0 saturated carbocycles. The van der Waals surface area contributed by atoms with E-state index in [2.05, 4.69) is 25.6 Å². The summed E-state index contributed by atoms with van der Waals surface area (Å²) in [5.74, 6) is -0.0576. The van der Waals surface area contributed by atoms with Gasteiger partial charge in [0.2, 0.25) is 10.0 Å². The lowest BCUT2D eigenvalue weighted by molar-refractivity contribution is 0.600. The van der Waals surface area contributed by atoms with E-state index in [1.54, 1.807) is 42.7 Å². The van der Waals surface area contributed by atoms with Crippen molar-refractivity contribution in [2.24, 2.45) is 0 Å². The van der Waals surface area contributed by atoms with Gasteiger partial charge in [0.15, 0.2) is 0 Å². The van der Waals surface area contributed by atoms with Gasteiger partial charge in [-0.15, -0.1) is 0 Å². The Morgan fingerprint density at radius 3 is 2.62 bits per heavy atom. The van der Waals surface area contributed by atoms with Crippen molar-refractivity contribution in [3.05, 3.63) is 58.3 Å². The van der Waals surface area contributed by atoms with Gasteiger partial charge in [0.1, 0.15) is 6.07 Å². The molecule has 0 unspecified atom stereocenters. The fourth-order valence-corrected chi connectivity index (χ4v) is 3.20. The third-order valence-electron chi connectivity index (χ3n) is 2.78. The largest absolute Gasteiger partial charge is 0.282 e. The monoisotopic (exact) mass is 365 g/mol. The van der Waals surface area contributed by atoms with Crippen LogP contribution in [-0.4, -0.2) is 19.2 Å². The van der Waals surface area contributed by atoms with Crippen LogP contribution in [0.5, 0.6) is 0 Å². The highest BCUT2D eigenvalue weighted by Crippen LogP contribution is 2.21. The van der Waals surface area contributed by atoms with Crippen molar-refractivity contribution < 1.29 is 8.42 Å². The van der Waals surface area contributed by atoms with Gasteiger partial charge in [-0.25, -0.2) is 8.42 Å². The van der Waals surface area contributed by atoms with Crippen molar-refractivity contribution in [2.45, 2.75) is 6.42 Å². The zero-order valence-corrected chi connectivity index (χ0v) is 13.4. The summed E-state index contributed by atoms with van der Waals surface area (Å²) in [5.41, 5.74) is 1.46. The Kier molecular flexibility index (Phi) is 4.94. The molecule has 0 amide bonds. The van der Waals surface area contributed by atoms with Gasteiger partial charge in [-0.1, -0.05) is 15.9 Å². The molecule has 0 fully saturated rings. The summed E-state index contributed by atoms with van der Waals surface area (Å²) in [7, 11) is -3.52. The number of halogens is 1. The highest BCUT2D eigenvalue weighted by atomic mass is 79.9. The highest BCUT2D eigenvalue weighted by Gasteiger charge is 2.13. The molecule has 1 heterocycles. The SMILES string of the molecule is N#Cc1cc(Br)ccc1NS(=O)(=O)CCc1ccncc1. The molecular formula is C14H12BrN3O2S. The van der Waals surface area contributed by atoms with E-state index < -0.39 is 10.0 Å². The number of pyridine rings is 1. The third kappa shape index (κ3) is 4.55. The normalized spacial score (nSPS) is 10.9. The molecular weight excluding hydrogens is 354 g/mol. The Labute approximate surface area is 131 Å². The molecule has 21 heavy (non-hydrogen) atoms. The van der Waals surface area contributed by atoms with Gasteiger partial charge in [0.05, 0.1) is 17.0 Å². The number of nitrogens with one attached hydrogen (secondary N) is 1. The van der Waals surface area contributed by atoms with E-state index in [4.69, 9.17) is 5.26 Å². The van der Waals surface area contributed by atoms with Crippen LogP contribution >= 0.6 is 15.9 Å². The minimum atomic E-state index is -3.52. The molecule has 0 radical (unpaired) electrons. The lowest BCUT2D eigenvalue weighted by Crippen LogP contribution is -2.18. The number of aryl methyl sites for hydroxylation is 1. The van der Waals surface area contributed by atoms with Crippen molar-refractivity contribution in [3.63, 3.8) is 0 Å². The van der Waals surface area contributed by atoms with Crippen LogP contribution in [0.2, 0.25) is 0 Å². The van der Waals surface area contributed by atoms with Crippen LogP contribution in [0, 0.1) is 11.3 Å². The van der Waals surface area contributed by atoms with Gasteiger partial charge >= 0.3 is 0 Å². The van der Waals surface area contributed by atoms with Gasteiger partial charge in [-0.3, -0.25) is 9.71 Å². The van der Waals surface area contributed by atoms with Crippen molar-refractivity contribution in [1.82, 2.24) is 4.98 Å². The fourth-order valence-electron chi connectivity index (χ4n) is 1.72. The molecule has 108 valence electrons. The zero-order chi connectivity index (χ0) is 15.3. The summed E-state index contributed by atoms with van der Waals surface area (Å²) < 4.78 is 27.3. The maximum Gasteiger partial charge on any atom is 0.233 e. The summed E-state index contributed by atoms with van der Waals surface area (Å²) in [6, 6.07) is 10.3. The molecule has 2 rings (SSSR count). The standard InChI is InChI=1S/C14H12BrN3O2S/c15-13-1-2-14(12(9-13)10-16)18-21(19,20)8-5-11-3-6-17-7-4-11/h1-4,6-7,9,18H,5,8H2. The van der Waals surface area contributed by atoms with Crippen LogP contribution in [0.1, 0.15) is 11.1 Å². The zero-order valence-electron chi connectivity index (χ0n) is 11.0. The molecule has 1 aromatic heterocycles. The molecule has 2 aromatic rings. The highest BCUT2D eigenvalue weighted by molar-refractivity contribution is 9.10. The number of hydrogen-bond acceptors (Lipinski definition) is 4. The number of aromatic nitrogens is 1. The number of hydrogen-bond donors (Lipinski definition) is 1. The molecule has 0 saturated heterocycles. The van der Waals surface area contributed by atoms with Crippen LogP contribution in [0.25, 0.3) is 0 Å². The van der Waals surface area contributed by atoms with Crippen LogP contribution in [0.3, 0.4) is 0 Å². The van der Waals surface area contributed by atoms with Crippen molar-refractivity contribution in [2.75, 3.05) is 10.5 Å². The Balaban J connectivity index is 2.10. The number of rotatable bonds is 5. The number of nitrogens with zero attached hydrogens (tertiary/aromatic N) is 2. The molecule has 1 N–H and O–H groups in total. The van der Waals surface area contributed by atoms with Gasteiger partial charge < -0.3 is 0 Å². The van der Waals surface area contributed by atoms with Crippen molar-refractivity contribution >= 4 is 31.6 Å². The van der Waals surface area contributed by atoms with E-state index in [1.807, 2.05) is 6.07 Å². The molecule has 5 nitrogen and oxygen atoms in total. The summed E-state index contributed by atoms with van der Waals surface area (Å²) in [6.07, 6.45) is 3.63. The van der Waals surface area contributed by atoms with E-state index in [0.717, 1.165) is 10.0 Å². The first kappa shape index (κ1) is 15.5. The Morgan fingerprint density at radius 1 is 1.24 bits per heavy atom. The first-order chi connectivity index (χ1) is 10.00. The molecule has 0 aliphatic heterocycles. The summed E-state index contributed by atoms with van der Waals surface area (Å²) in [5, 5.41) is 9.04. The van der Waals surface area contributed by atoms with Crippen molar-refractivity contribution in [1.29, 1.82) is 5.26 Å². The second-order valence-corrected chi connectivity index (χ2v) is 7.09. The van der Waals surface area contributed by atoms with Gasteiger partial charge in [-0.2, -0.15) is 5.26 Å².